The van der Waals surface area contributed by atoms with Gasteiger partial charge in [-0.05, 0) is 24.6 Å². The number of rotatable bonds is 7. The number of carbonyl (C=O) groups is 1. The molecule has 0 aliphatic heterocycles. The van der Waals surface area contributed by atoms with E-state index >= 15 is 0 Å². The summed E-state index contributed by atoms with van der Waals surface area (Å²) < 4.78 is 7.19. The van der Waals surface area contributed by atoms with Gasteiger partial charge in [0.15, 0.2) is 11.4 Å². The molecule has 0 spiro atoms. The fourth-order valence-electron chi connectivity index (χ4n) is 2.90. The van der Waals surface area contributed by atoms with Crippen molar-refractivity contribution in [2.45, 2.75) is 20.3 Å². The van der Waals surface area contributed by atoms with Crippen LogP contribution in [-0.4, -0.2) is 19.1 Å². The summed E-state index contributed by atoms with van der Waals surface area (Å²) in [6.07, 6.45) is 0.602. The highest BCUT2D eigenvalue weighted by molar-refractivity contribution is 5.94. The van der Waals surface area contributed by atoms with E-state index in [1.165, 1.54) is 0 Å². The highest BCUT2D eigenvalue weighted by Gasteiger charge is 2.22. The van der Waals surface area contributed by atoms with E-state index in [-0.39, 0.29) is 17.3 Å². The number of ether oxygens (including phenoxy) is 1. The first-order valence-corrected chi connectivity index (χ1v) is 9.37. The molecule has 1 aromatic carbocycles. The number of pyridine rings is 2. The number of nitrogens with one attached hydrogen (secondary N) is 1. The van der Waals surface area contributed by atoms with Crippen LogP contribution in [0.3, 0.4) is 0 Å². The molecule has 0 bridgehead atoms. The first-order valence-electron chi connectivity index (χ1n) is 9.37. The molecule has 2 heterocycles. The fraction of sp³-hybridized carbons (Fsp3) is 0.227. The van der Waals surface area contributed by atoms with Gasteiger partial charge in [0.25, 0.3) is 17.3 Å². The van der Waals surface area contributed by atoms with E-state index < -0.39 is 0 Å². The third-order valence-electron chi connectivity index (χ3n) is 4.47. The van der Waals surface area contributed by atoms with Crippen LogP contribution in [0.25, 0.3) is 11.4 Å². The summed E-state index contributed by atoms with van der Waals surface area (Å²) in [5.74, 6) is 0.371. The molecule has 3 rings (SSSR count). The van der Waals surface area contributed by atoms with E-state index in [2.05, 4.69) is 5.32 Å². The van der Waals surface area contributed by atoms with Crippen LogP contribution in [0, 0.1) is 24.3 Å². The van der Waals surface area contributed by atoms with Crippen molar-refractivity contribution in [1.82, 2.24) is 5.32 Å². The molecule has 0 aliphatic rings. The Morgan fingerprint density at radius 1 is 0.931 bits per heavy atom. The zero-order valence-corrected chi connectivity index (χ0v) is 16.4. The van der Waals surface area contributed by atoms with E-state index in [1.807, 2.05) is 18.2 Å². The zero-order valence-electron chi connectivity index (χ0n) is 16.4. The van der Waals surface area contributed by atoms with Gasteiger partial charge in [-0.2, -0.15) is 9.46 Å². The molecular weight excluding hydrogens is 370 g/mol. The van der Waals surface area contributed by atoms with Crippen molar-refractivity contribution in [1.29, 1.82) is 0 Å². The van der Waals surface area contributed by atoms with E-state index in [0.717, 1.165) is 9.46 Å². The van der Waals surface area contributed by atoms with Crippen LogP contribution in [0.1, 0.15) is 28.2 Å². The van der Waals surface area contributed by atoms with E-state index in [0.29, 0.717) is 42.3 Å². The van der Waals surface area contributed by atoms with Gasteiger partial charge in [-0.15, -0.1) is 0 Å². The number of nitrogens with zero attached hydrogens (tertiary/aromatic N) is 2. The van der Waals surface area contributed by atoms with Crippen molar-refractivity contribution in [2.24, 2.45) is 0 Å². The number of benzene rings is 1. The Labute approximate surface area is 169 Å². The van der Waals surface area contributed by atoms with Crippen LogP contribution in [0.4, 0.5) is 0 Å². The van der Waals surface area contributed by atoms with Crippen molar-refractivity contribution in [3.05, 3.63) is 88.0 Å². The summed E-state index contributed by atoms with van der Waals surface area (Å²) in [5.41, 5.74) is 2.04. The minimum atomic E-state index is -0.129. The van der Waals surface area contributed by atoms with Gasteiger partial charge >= 0.3 is 0 Å². The normalized spacial score (nSPS) is 10.6. The Morgan fingerprint density at radius 2 is 1.66 bits per heavy atom. The number of amides is 1. The lowest BCUT2D eigenvalue weighted by atomic mass is 10.2. The number of aryl methyl sites for hydroxylation is 2. The van der Waals surface area contributed by atoms with Gasteiger partial charge < -0.3 is 20.5 Å². The number of hydrogen-bond donors (Lipinski definition) is 1. The van der Waals surface area contributed by atoms with Gasteiger partial charge in [0, 0.05) is 44.2 Å². The number of hydrogen-bond acceptors (Lipinski definition) is 4. The molecule has 0 radical (unpaired) electrons. The molecular formula is C22H23N3O4. The molecule has 7 heteroatoms. The van der Waals surface area contributed by atoms with E-state index in [4.69, 9.17) is 4.74 Å². The average Bonchev–Trinajstić information content (AvgIpc) is 2.73. The molecule has 1 N–H and O–H groups in total. The molecule has 0 saturated carbocycles. The average molecular weight is 393 g/mol. The first-order chi connectivity index (χ1) is 14.0. The van der Waals surface area contributed by atoms with E-state index in [1.54, 1.807) is 56.3 Å². The predicted octanol–water partition coefficient (Wildman–Crippen LogP) is 2.44. The molecule has 0 atom stereocenters. The Balaban J connectivity index is 1.61. The minimum Gasteiger partial charge on any atom is -0.618 e. The summed E-state index contributed by atoms with van der Waals surface area (Å²) in [6.45, 7) is 4.17. The van der Waals surface area contributed by atoms with Crippen molar-refractivity contribution >= 4 is 5.91 Å². The second-order valence-electron chi connectivity index (χ2n) is 6.68. The topological polar surface area (TPSA) is 92.2 Å². The number of aromatic nitrogens is 2. The van der Waals surface area contributed by atoms with Crippen LogP contribution in [-0.2, 0) is 0 Å². The van der Waals surface area contributed by atoms with Crippen LogP contribution in [0.5, 0.6) is 5.75 Å². The molecule has 1 amide bonds. The molecule has 0 unspecified atom stereocenters. The lowest BCUT2D eigenvalue weighted by Crippen LogP contribution is -2.40. The molecule has 0 aliphatic carbocycles. The third kappa shape index (κ3) is 4.82. The lowest BCUT2D eigenvalue weighted by Gasteiger charge is -2.12. The standard InChI is InChI=1S/C22H23N3O4/c1-16-8-6-11-20(24(16)27)21-15-19(14-17(2)25(21)28)29-13-7-12-23-22(26)18-9-4-3-5-10-18/h3-6,8-11,14-15H,7,12-13H2,1-2H3,(H,23,26). The number of carbonyl (C=O) groups excluding carboxylic acids is 1. The van der Waals surface area contributed by atoms with Crippen LogP contribution in [0.15, 0.2) is 60.7 Å². The maximum absolute atomic E-state index is 12.4. The van der Waals surface area contributed by atoms with Crippen LogP contribution < -0.4 is 19.5 Å². The summed E-state index contributed by atoms with van der Waals surface area (Å²) >= 11 is 0. The second-order valence-corrected chi connectivity index (χ2v) is 6.68. The second kappa shape index (κ2) is 9.05. The highest BCUT2D eigenvalue weighted by atomic mass is 16.5. The van der Waals surface area contributed by atoms with Gasteiger partial charge in [0.05, 0.1) is 12.7 Å². The molecule has 29 heavy (non-hydrogen) atoms. The molecule has 150 valence electrons. The third-order valence-corrected chi connectivity index (χ3v) is 4.47. The summed E-state index contributed by atoms with van der Waals surface area (Å²) in [6, 6.07) is 17.2. The van der Waals surface area contributed by atoms with Crippen molar-refractivity contribution < 1.29 is 19.0 Å². The Hall–Kier alpha value is -3.61. The summed E-state index contributed by atoms with van der Waals surface area (Å²) in [4.78, 5) is 12.0. The minimum absolute atomic E-state index is 0.129. The smallest absolute Gasteiger partial charge is 0.293 e. The van der Waals surface area contributed by atoms with Crippen LogP contribution in [0.2, 0.25) is 0 Å². The first kappa shape index (κ1) is 20.1. The van der Waals surface area contributed by atoms with Gasteiger partial charge in [0.1, 0.15) is 5.75 Å². The zero-order chi connectivity index (χ0) is 20.8. The fourth-order valence-corrected chi connectivity index (χ4v) is 2.90. The monoisotopic (exact) mass is 393 g/mol. The van der Waals surface area contributed by atoms with Gasteiger partial charge in [-0.3, -0.25) is 4.79 Å². The van der Waals surface area contributed by atoms with Gasteiger partial charge in [-0.25, -0.2) is 0 Å². The lowest BCUT2D eigenvalue weighted by molar-refractivity contribution is -0.632. The van der Waals surface area contributed by atoms with Gasteiger partial charge in [0.2, 0.25) is 0 Å². The van der Waals surface area contributed by atoms with Crippen molar-refractivity contribution in [2.75, 3.05) is 13.2 Å². The van der Waals surface area contributed by atoms with Gasteiger partial charge in [-0.1, -0.05) is 18.2 Å². The maximum Gasteiger partial charge on any atom is 0.293 e. The Morgan fingerprint density at radius 3 is 2.41 bits per heavy atom. The largest absolute Gasteiger partial charge is 0.618 e. The molecule has 3 aromatic rings. The molecule has 7 nitrogen and oxygen atoms in total. The summed E-state index contributed by atoms with van der Waals surface area (Å²) in [7, 11) is 0. The molecule has 0 fully saturated rings. The molecule has 0 saturated heterocycles. The Kier molecular flexibility index (Phi) is 6.29. The van der Waals surface area contributed by atoms with Crippen LogP contribution >= 0.6 is 0 Å². The predicted molar refractivity (Wildman–Crippen MR) is 108 cm³/mol. The molecule has 2 aromatic heterocycles. The maximum atomic E-state index is 12.4. The summed E-state index contributed by atoms with van der Waals surface area (Å²) in [5, 5.41) is 27.6. The van der Waals surface area contributed by atoms with E-state index in [9.17, 15) is 15.2 Å². The Bertz CT molecular complexity index is 1010. The van der Waals surface area contributed by atoms with Crippen molar-refractivity contribution in [3.8, 4) is 17.1 Å². The quantitative estimate of drug-likeness (QED) is 0.379. The SMILES string of the molecule is Cc1cccc(-c2cc(OCCCNC(=O)c3ccccc3)cc(C)[n+]2[O-])[n+]1[O-]. The van der Waals surface area contributed by atoms with Crippen molar-refractivity contribution in [3.63, 3.8) is 0 Å². The highest BCUT2D eigenvalue weighted by Crippen LogP contribution is 2.20.